The number of aryl methyl sites for hydroxylation is 1. The average molecular weight is 517 g/mol. The summed E-state index contributed by atoms with van der Waals surface area (Å²) in [6.07, 6.45) is -1.05. The third-order valence-electron chi connectivity index (χ3n) is 6.48. The lowest BCUT2D eigenvalue weighted by Gasteiger charge is -2.30. The second-order valence-electron chi connectivity index (χ2n) is 9.17. The van der Waals surface area contributed by atoms with E-state index in [1.54, 1.807) is 31.4 Å². The number of hydrogen-bond acceptors (Lipinski definition) is 7. The van der Waals surface area contributed by atoms with Crippen LogP contribution in [0.15, 0.2) is 41.2 Å². The molecule has 13 heteroatoms. The number of aromatic nitrogens is 5. The number of anilines is 1. The first-order chi connectivity index (χ1) is 17.8. The number of carbonyl (C=O) groups is 1. The molecule has 1 atom stereocenters. The molecule has 2 N–H and O–H groups in total. The van der Waals surface area contributed by atoms with Crippen molar-refractivity contribution in [2.75, 3.05) is 25.5 Å². The number of benzene rings is 1. The maximum absolute atomic E-state index is 14.9. The highest BCUT2D eigenvalue weighted by Crippen LogP contribution is 2.37. The van der Waals surface area contributed by atoms with Crippen LogP contribution < -0.4 is 10.6 Å². The van der Waals surface area contributed by atoms with Gasteiger partial charge in [0.15, 0.2) is 5.82 Å². The number of carbonyl (C=O) groups excluding carboxylic acids is 1. The van der Waals surface area contributed by atoms with Gasteiger partial charge in [-0.3, -0.25) is 9.48 Å². The van der Waals surface area contributed by atoms with Crippen LogP contribution in [0.25, 0.3) is 22.5 Å². The van der Waals surface area contributed by atoms with Gasteiger partial charge in [0.05, 0.1) is 23.8 Å². The summed E-state index contributed by atoms with van der Waals surface area (Å²) in [4.78, 5) is 18.7. The number of nitrogens with one attached hydrogen (secondary N) is 2. The fourth-order valence-corrected chi connectivity index (χ4v) is 4.52. The number of rotatable bonds is 8. The molecule has 37 heavy (non-hydrogen) atoms. The quantitative estimate of drug-likeness (QED) is 0.369. The fourth-order valence-electron chi connectivity index (χ4n) is 4.52. The number of halogens is 3. The first-order valence-corrected chi connectivity index (χ1v) is 11.9. The lowest BCUT2D eigenvalue weighted by atomic mass is 10.0. The molecular weight excluding hydrogens is 489 g/mol. The molecule has 1 aliphatic heterocycles. The molecule has 1 fully saturated rings. The summed E-state index contributed by atoms with van der Waals surface area (Å²) in [5.41, 5.74) is 1.38. The minimum Gasteiger partial charge on any atom is -0.382 e. The molecule has 3 aromatic heterocycles. The standard InChI is InChI=1S/C24H27F3N8O2/c1-33-8-6-15(7-9-33)30-17-4-3-5-18-16(17)10-19(35(18)22(27)21(25)26)24-31-20(32-37-24)12-28-23(36)14-11-29-34(2)13-14/h3-5,10-11,13,15,21-22,30H,6-9,12H2,1-2H3,(H,28,36). The maximum Gasteiger partial charge on any atom is 0.288 e. The van der Waals surface area contributed by atoms with E-state index < -0.39 is 12.7 Å². The van der Waals surface area contributed by atoms with Crippen molar-refractivity contribution in [3.8, 4) is 11.6 Å². The van der Waals surface area contributed by atoms with Crippen molar-refractivity contribution in [1.82, 2.24) is 34.7 Å². The van der Waals surface area contributed by atoms with Crippen molar-refractivity contribution in [2.45, 2.75) is 38.1 Å². The van der Waals surface area contributed by atoms with Crippen LogP contribution in [0.2, 0.25) is 0 Å². The zero-order valence-corrected chi connectivity index (χ0v) is 20.4. The van der Waals surface area contributed by atoms with Crippen molar-refractivity contribution in [1.29, 1.82) is 0 Å². The maximum atomic E-state index is 14.9. The summed E-state index contributed by atoms with van der Waals surface area (Å²) < 4.78 is 49.7. The second kappa shape index (κ2) is 10.2. The molecule has 1 saturated heterocycles. The van der Waals surface area contributed by atoms with Crippen LogP contribution in [0.4, 0.5) is 18.9 Å². The summed E-state index contributed by atoms with van der Waals surface area (Å²) in [6, 6.07) is 6.91. The van der Waals surface area contributed by atoms with E-state index in [2.05, 4.69) is 37.8 Å². The third kappa shape index (κ3) is 5.17. The van der Waals surface area contributed by atoms with Crippen molar-refractivity contribution < 1.29 is 22.5 Å². The number of nitrogens with zero attached hydrogens (tertiary/aromatic N) is 6. The lowest BCUT2D eigenvalue weighted by molar-refractivity contribution is 0.0113. The molecule has 196 valence electrons. The SMILES string of the molecule is CN1CCC(Nc2cccc3c2cc(-c2nc(CNC(=O)c4cnn(C)c4)no2)n3C(F)C(F)F)CC1. The minimum atomic E-state index is -3.26. The van der Waals surface area contributed by atoms with Gasteiger partial charge in [-0.1, -0.05) is 11.2 Å². The molecule has 0 spiro atoms. The van der Waals surface area contributed by atoms with Crippen LogP contribution in [0.5, 0.6) is 0 Å². The smallest absolute Gasteiger partial charge is 0.288 e. The Morgan fingerprint density at radius 1 is 1.22 bits per heavy atom. The Bertz CT molecular complexity index is 1390. The van der Waals surface area contributed by atoms with E-state index in [1.165, 1.54) is 10.9 Å². The molecule has 1 aromatic carbocycles. The monoisotopic (exact) mass is 516 g/mol. The molecule has 10 nitrogen and oxygen atoms in total. The molecular formula is C24H27F3N8O2. The van der Waals surface area contributed by atoms with Gasteiger partial charge < -0.3 is 24.6 Å². The predicted molar refractivity (Wildman–Crippen MR) is 130 cm³/mol. The summed E-state index contributed by atoms with van der Waals surface area (Å²) in [7, 11) is 3.76. The highest BCUT2D eigenvalue weighted by atomic mass is 19.3. The average Bonchev–Trinajstić information content (AvgIpc) is 3.62. The Labute approximate surface area is 210 Å². The first kappa shape index (κ1) is 24.8. The van der Waals surface area contributed by atoms with E-state index in [4.69, 9.17) is 4.52 Å². The first-order valence-electron chi connectivity index (χ1n) is 11.9. The van der Waals surface area contributed by atoms with Crippen molar-refractivity contribution >= 4 is 22.5 Å². The van der Waals surface area contributed by atoms with Gasteiger partial charge >= 0.3 is 0 Å². The van der Waals surface area contributed by atoms with Crippen LogP contribution in [-0.4, -0.2) is 67.9 Å². The Morgan fingerprint density at radius 3 is 2.70 bits per heavy atom. The van der Waals surface area contributed by atoms with E-state index in [9.17, 15) is 18.0 Å². The van der Waals surface area contributed by atoms with E-state index in [1.807, 2.05) is 6.07 Å². The van der Waals surface area contributed by atoms with E-state index in [0.717, 1.165) is 36.2 Å². The zero-order chi connectivity index (χ0) is 26.1. The Morgan fingerprint density at radius 2 is 2.00 bits per heavy atom. The molecule has 0 radical (unpaired) electrons. The number of hydrogen-bond donors (Lipinski definition) is 2. The number of alkyl halides is 3. The van der Waals surface area contributed by atoms with E-state index >= 15 is 0 Å². The van der Waals surface area contributed by atoms with Crippen molar-refractivity contribution in [3.05, 3.63) is 48.0 Å². The third-order valence-corrected chi connectivity index (χ3v) is 6.48. The van der Waals surface area contributed by atoms with Gasteiger partial charge in [0.25, 0.3) is 18.2 Å². The van der Waals surface area contributed by atoms with Crippen LogP contribution in [0.3, 0.4) is 0 Å². The van der Waals surface area contributed by atoms with Gasteiger partial charge in [0, 0.05) is 30.4 Å². The molecule has 0 bridgehead atoms. The molecule has 5 rings (SSSR count). The summed E-state index contributed by atoms with van der Waals surface area (Å²) >= 11 is 0. The zero-order valence-electron chi connectivity index (χ0n) is 20.4. The highest BCUT2D eigenvalue weighted by molar-refractivity contribution is 5.96. The summed E-state index contributed by atoms with van der Waals surface area (Å²) in [5, 5.41) is 14.5. The second-order valence-corrected chi connectivity index (χ2v) is 9.17. The Kier molecular flexibility index (Phi) is 6.87. The van der Waals surface area contributed by atoms with Gasteiger partial charge in [-0.25, -0.2) is 13.2 Å². The molecule has 1 unspecified atom stereocenters. The summed E-state index contributed by atoms with van der Waals surface area (Å²) in [5.74, 6) is -0.406. The molecule has 4 heterocycles. The predicted octanol–water partition coefficient (Wildman–Crippen LogP) is 3.59. The van der Waals surface area contributed by atoms with Crippen LogP contribution in [0, 0.1) is 0 Å². The molecule has 1 amide bonds. The van der Waals surface area contributed by atoms with E-state index in [0.29, 0.717) is 10.9 Å². The number of piperidine rings is 1. The molecule has 4 aromatic rings. The van der Waals surface area contributed by atoms with Crippen molar-refractivity contribution in [2.24, 2.45) is 7.05 Å². The minimum absolute atomic E-state index is 0.0257. The summed E-state index contributed by atoms with van der Waals surface area (Å²) in [6.45, 7) is 1.81. The Balaban J connectivity index is 1.43. The topological polar surface area (TPSA) is 106 Å². The van der Waals surface area contributed by atoms with Gasteiger partial charge in [-0.05, 0) is 51.2 Å². The van der Waals surface area contributed by atoms with Crippen LogP contribution in [-0.2, 0) is 13.6 Å². The molecule has 0 aliphatic carbocycles. The van der Waals surface area contributed by atoms with Gasteiger partial charge in [0.1, 0.15) is 5.69 Å². The largest absolute Gasteiger partial charge is 0.382 e. The van der Waals surface area contributed by atoms with Gasteiger partial charge in [0.2, 0.25) is 6.30 Å². The number of fused-ring (bicyclic) bond motifs is 1. The van der Waals surface area contributed by atoms with Gasteiger partial charge in [-0.2, -0.15) is 10.1 Å². The van der Waals surface area contributed by atoms with Crippen molar-refractivity contribution in [3.63, 3.8) is 0 Å². The number of likely N-dealkylation sites (tertiary alicyclic amines) is 1. The van der Waals surface area contributed by atoms with Crippen LogP contribution in [0.1, 0.15) is 35.3 Å². The Hall–Kier alpha value is -3.87. The van der Waals surface area contributed by atoms with E-state index in [-0.39, 0.29) is 41.4 Å². The lowest BCUT2D eigenvalue weighted by Crippen LogP contribution is -2.36. The van der Waals surface area contributed by atoms with Crippen LogP contribution >= 0.6 is 0 Å². The number of amides is 1. The van der Waals surface area contributed by atoms with Gasteiger partial charge in [-0.15, -0.1) is 0 Å². The molecule has 0 saturated carbocycles. The molecule has 1 aliphatic rings. The normalized spacial score (nSPS) is 15.9. The highest BCUT2D eigenvalue weighted by Gasteiger charge is 2.29. The fraction of sp³-hybridized carbons (Fsp3) is 0.417.